The van der Waals surface area contributed by atoms with Crippen LogP contribution in [0.3, 0.4) is 0 Å². The van der Waals surface area contributed by atoms with Crippen molar-refractivity contribution in [3.05, 3.63) is 35.4 Å². The zero-order valence-corrected chi connectivity index (χ0v) is 17.7. The van der Waals surface area contributed by atoms with Gasteiger partial charge < -0.3 is 5.11 Å². The monoisotopic (exact) mass is 546 g/mol. The van der Waals surface area contributed by atoms with E-state index in [1.165, 1.54) is 6.07 Å². The van der Waals surface area contributed by atoms with E-state index in [1.807, 2.05) is 0 Å². The van der Waals surface area contributed by atoms with E-state index in [0.29, 0.717) is 12.5 Å². The van der Waals surface area contributed by atoms with Gasteiger partial charge in [0.25, 0.3) is 0 Å². The van der Waals surface area contributed by atoms with Gasteiger partial charge in [-0.3, -0.25) is 0 Å². The summed E-state index contributed by atoms with van der Waals surface area (Å²) >= 11 is 0. The third-order valence-corrected chi connectivity index (χ3v) is 5.13. The van der Waals surface area contributed by atoms with E-state index in [2.05, 4.69) is 0 Å². The van der Waals surface area contributed by atoms with Gasteiger partial charge in [-0.15, -0.1) is 0 Å². The van der Waals surface area contributed by atoms with Gasteiger partial charge >= 0.3 is 41.7 Å². The minimum absolute atomic E-state index is 0.295. The molecule has 1 unspecified atom stereocenters. The Morgan fingerprint density at radius 1 is 0.657 bits per heavy atom. The molecule has 1 nitrogen and oxygen atoms in total. The number of benzene rings is 1. The second kappa shape index (κ2) is 8.61. The minimum atomic E-state index is -8.35. The Morgan fingerprint density at radius 2 is 1.06 bits per heavy atom. The molecule has 16 heteroatoms. The lowest BCUT2D eigenvalue weighted by Gasteiger charge is -2.42. The summed E-state index contributed by atoms with van der Waals surface area (Å²) in [4.78, 5) is 0. The van der Waals surface area contributed by atoms with Crippen LogP contribution in [0.4, 0.5) is 65.9 Å². The van der Waals surface area contributed by atoms with Crippen LogP contribution in [-0.2, 0) is 5.60 Å². The molecule has 1 N–H and O–H groups in total. The lowest BCUT2D eigenvalue weighted by molar-refractivity contribution is -0.453. The van der Waals surface area contributed by atoms with Crippen molar-refractivity contribution in [3.8, 4) is 0 Å². The SMILES string of the molecule is CC(C)c1cccc(C(C)(O)CC(F)(F)C(F)(F)C(F)(F)C(F)(F)C(F)(F)C(F)(F)C(F)(F)F)c1. The second-order valence-corrected chi connectivity index (χ2v) is 8.30. The number of halogens is 15. The van der Waals surface area contributed by atoms with E-state index in [0.717, 1.165) is 18.2 Å². The normalized spacial score (nSPS) is 17.0. The van der Waals surface area contributed by atoms with Gasteiger partial charge in [0.15, 0.2) is 0 Å². The van der Waals surface area contributed by atoms with Gasteiger partial charge in [0.1, 0.15) is 0 Å². The van der Waals surface area contributed by atoms with Crippen LogP contribution in [0.5, 0.6) is 0 Å². The first kappa shape index (κ1) is 31.2. The third kappa shape index (κ3) is 4.78. The van der Waals surface area contributed by atoms with Gasteiger partial charge in [0, 0.05) is 0 Å². The molecule has 0 saturated carbocycles. The molecule has 0 aliphatic rings. The molecule has 0 radical (unpaired) electrons. The maximum absolute atomic E-state index is 14.2. The van der Waals surface area contributed by atoms with Crippen molar-refractivity contribution in [3.63, 3.8) is 0 Å². The van der Waals surface area contributed by atoms with Crippen LogP contribution >= 0.6 is 0 Å². The Hall–Kier alpha value is -1.87. The van der Waals surface area contributed by atoms with Gasteiger partial charge in [-0.2, -0.15) is 65.9 Å². The van der Waals surface area contributed by atoms with Gasteiger partial charge in [-0.1, -0.05) is 38.1 Å². The summed E-state index contributed by atoms with van der Waals surface area (Å²) < 4.78 is 200. The van der Waals surface area contributed by atoms with E-state index in [1.54, 1.807) is 13.8 Å². The predicted octanol–water partition coefficient (Wildman–Crippen LogP) is 7.78. The molecule has 0 heterocycles. The first-order valence-corrected chi connectivity index (χ1v) is 9.28. The highest BCUT2D eigenvalue weighted by molar-refractivity contribution is 5.30. The van der Waals surface area contributed by atoms with Gasteiger partial charge in [-0.25, -0.2) is 0 Å². The molecular formula is C19H17F15O. The van der Waals surface area contributed by atoms with Crippen molar-refractivity contribution in [1.29, 1.82) is 0 Å². The molecule has 0 aliphatic carbocycles. The molecule has 0 amide bonds. The van der Waals surface area contributed by atoms with Crippen molar-refractivity contribution in [2.24, 2.45) is 0 Å². The van der Waals surface area contributed by atoms with E-state index in [4.69, 9.17) is 0 Å². The van der Waals surface area contributed by atoms with Crippen LogP contribution < -0.4 is 0 Å². The number of aliphatic hydroxyl groups is 1. The molecule has 1 aromatic carbocycles. The van der Waals surface area contributed by atoms with Crippen LogP contribution in [0.25, 0.3) is 0 Å². The fraction of sp³-hybridized carbons (Fsp3) is 0.684. The van der Waals surface area contributed by atoms with E-state index >= 15 is 0 Å². The van der Waals surface area contributed by atoms with Crippen LogP contribution in [0.1, 0.15) is 44.2 Å². The number of alkyl halides is 15. The Kier molecular flexibility index (Phi) is 7.67. The average Bonchev–Trinajstić information content (AvgIpc) is 2.65. The highest BCUT2D eigenvalue weighted by Gasteiger charge is 2.93. The largest absolute Gasteiger partial charge is 0.460 e. The molecule has 35 heavy (non-hydrogen) atoms. The maximum atomic E-state index is 14.2. The third-order valence-electron chi connectivity index (χ3n) is 5.13. The van der Waals surface area contributed by atoms with Crippen molar-refractivity contribution in [2.45, 2.75) is 80.4 Å². The topological polar surface area (TPSA) is 20.2 Å². The van der Waals surface area contributed by atoms with Crippen molar-refractivity contribution in [1.82, 2.24) is 0 Å². The number of hydrogen-bond acceptors (Lipinski definition) is 1. The molecule has 1 rings (SSSR count). The molecule has 204 valence electrons. The first-order chi connectivity index (χ1) is 15.1. The summed E-state index contributed by atoms with van der Waals surface area (Å²) in [5.74, 6) is -47.4. The summed E-state index contributed by atoms with van der Waals surface area (Å²) in [6, 6.07) is 4.26. The second-order valence-electron chi connectivity index (χ2n) is 8.30. The van der Waals surface area contributed by atoms with Crippen molar-refractivity contribution < 1.29 is 71.0 Å². The summed E-state index contributed by atoms with van der Waals surface area (Å²) in [6.07, 6.45) is -10.5. The zero-order valence-electron chi connectivity index (χ0n) is 17.7. The minimum Gasteiger partial charge on any atom is -0.385 e. The quantitative estimate of drug-likeness (QED) is 0.314. The van der Waals surface area contributed by atoms with Gasteiger partial charge in [-0.05, 0) is 24.0 Å². The maximum Gasteiger partial charge on any atom is 0.460 e. The Labute approximate surface area is 187 Å². The number of hydrogen-bond donors (Lipinski definition) is 1. The Balaban J connectivity index is 3.55. The standard InChI is InChI=1S/C19H17F15O/c1-9(2)10-5-4-6-11(7-10)12(3,35)8-13(20,21)14(22,23)15(24,25)16(26,27)17(28,29)18(30,31)19(32,33)34/h4-7,9,35H,8H2,1-3H3. The van der Waals surface area contributed by atoms with Gasteiger partial charge in [0.2, 0.25) is 0 Å². The van der Waals surface area contributed by atoms with E-state index in [-0.39, 0.29) is 5.92 Å². The molecule has 0 bridgehead atoms. The van der Waals surface area contributed by atoms with Crippen molar-refractivity contribution in [2.75, 3.05) is 0 Å². The molecular weight excluding hydrogens is 529 g/mol. The smallest absolute Gasteiger partial charge is 0.385 e. The van der Waals surface area contributed by atoms with Crippen LogP contribution in [0.15, 0.2) is 24.3 Å². The molecule has 0 spiro atoms. The fourth-order valence-corrected chi connectivity index (χ4v) is 2.88. The molecule has 0 aliphatic heterocycles. The van der Waals surface area contributed by atoms with Crippen LogP contribution in [0.2, 0.25) is 0 Å². The number of rotatable bonds is 9. The summed E-state index contributed by atoms with van der Waals surface area (Å²) in [5.41, 5.74) is -3.56. The molecule has 0 fully saturated rings. The highest BCUT2D eigenvalue weighted by atomic mass is 19.4. The lowest BCUT2D eigenvalue weighted by atomic mass is 9.83. The molecule has 0 aromatic heterocycles. The van der Waals surface area contributed by atoms with E-state index in [9.17, 15) is 71.0 Å². The summed E-state index contributed by atoms with van der Waals surface area (Å²) in [7, 11) is 0. The zero-order chi connectivity index (χ0) is 28.3. The van der Waals surface area contributed by atoms with Crippen molar-refractivity contribution >= 4 is 0 Å². The highest BCUT2D eigenvalue weighted by Crippen LogP contribution is 2.63. The fourth-order valence-electron chi connectivity index (χ4n) is 2.88. The molecule has 0 saturated heterocycles. The molecule has 1 atom stereocenters. The Bertz CT molecular complexity index is 900. The first-order valence-electron chi connectivity index (χ1n) is 9.28. The van der Waals surface area contributed by atoms with E-state index < -0.39 is 59.3 Å². The molecule has 1 aromatic rings. The lowest BCUT2D eigenvalue weighted by Crippen LogP contribution is -2.72. The van der Waals surface area contributed by atoms with Crippen LogP contribution in [-0.4, -0.2) is 46.8 Å². The van der Waals surface area contributed by atoms with Crippen LogP contribution in [0, 0.1) is 0 Å². The summed E-state index contributed by atoms with van der Waals surface area (Å²) in [6.45, 7) is 3.45. The summed E-state index contributed by atoms with van der Waals surface area (Å²) in [5, 5.41) is 10.2. The Morgan fingerprint density at radius 3 is 1.46 bits per heavy atom. The average molecular weight is 546 g/mol. The van der Waals surface area contributed by atoms with Gasteiger partial charge in [0.05, 0.1) is 12.0 Å². The predicted molar refractivity (Wildman–Crippen MR) is 90.5 cm³/mol.